The Labute approximate surface area is 102 Å². The predicted molar refractivity (Wildman–Crippen MR) is 71.1 cm³/mol. The van der Waals surface area contributed by atoms with Crippen LogP contribution in [0.5, 0.6) is 5.75 Å². The van der Waals surface area contributed by atoms with Crippen LogP contribution in [0.4, 0.5) is 0 Å². The number of methoxy groups -OCH3 is 1. The molecule has 2 aromatic carbocycles. The molecule has 88 valence electrons. The summed E-state index contributed by atoms with van der Waals surface area (Å²) in [4.78, 5) is 0. The number of hydrogen-bond donors (Lipinski definition) is 1. The van der Waals surface area contributed by atoms with E-state index in [0.29, 0.717) is 6.54 Å². The first-order valence-electron chi connectivity index (χ1n) is 5.68. The second-order valence-corrected chi connectivity index (χ2v) is 4.09. The molecule has 0 aliphatic carbocycles. The third-order valence-corrected chi connectivity index (χ3v) is 2.89. The molecular weight excluding hydrogens is 210 g/mol. The van der Waals surface area contributed by atoms with E-state index < -0.39 is 0 Å². The molecule has 0 aliphatic heterocycles. The normalized spacial score (nSPS) is 10.3. The van der Waals surface area contributed by atoms with E-state index in [0.717, 1.165) is 5.75 Å². The summed E-state index contributed by atoms with van der Waals surface area (Å²) in [7, 11) is 1.67. The van der Waals surface area contributed by atoms with Crippen LogP contribution >= 0.6 is 0 Å². The molecule has 0 spiro atoms. The molecule has 2 heteroatoms. The Kier molecular flexibility index (Phi) is 3.45. The van der Waals surface area contributed by atoms with Crippen molar-refractivity contribution in [3.63, 3.8) is 0 Å². The van der Waals surface area contributed by atoms with E-state index in [1.807, 2.05) is 12.1 Å². The fourth-order valence-corrected chi connectivity index (χ4v) is 1.91. The van der Waals surface area contributed by atoms with Gasteiger partial charge in [0.15, 0.2) is 0 Å². The Morgan fingerprint density at radius 3 is 2.35 bits per heavy atom. The number of nitrogens with two attached hydrogens (primary N) is 1. The number of hydrogen-bond acceptors (Lipinski definition) is 2. The topological polar surface area (TPSA) is 35.2 Å². The van der Waals surface area contributed by atoms with Gasteiger partial charge in [0.05, 0.1) is 7.11 Å². The fraction of sp³-hybridized carbons (Fsp3) is 0.200. The van der Waals surface area contributed by atoms with Gasteiger partial charge in [-0.2, -0.15) is 0 Å². The second-order valence-electron chi connectivity index (χ2n) is 4.09. The van der Waals surface area contributed by atoms with Gasteiger partial charge in [-0.25, -0.2) is 0 Å². The Morgan fingerprint density at radius 1 is 1.06 bits per heavy atom. The zero-order valence-corrected chi connectivity index (χ0v) is 10.2. The standard InChI is InChI=1S/C15H17NO/c1-11-3-4-13(10-16)15(9-11)12-5-7-14(17-2)8-6-12/h3-9H,10,16H2,1-2H3. The first-order chi connectivity index (χ1) is 8.24. The lowest BCUT2D eigenvalue weighted by atomic mass is 9.97. The van der Waals surface area contributed by atoms with Gasteiger partial charge in [0.25, 0.3) is 0 Å². The summed E-state index contributed by atoms with van der Waals surface area (Å²) in [5, 5.41) is 0. The van der Waals surface area contributed by atoms with Gasteiger partial charge in [0, 0.05) is 6.54 Å². The third kappa shape index (κ3) is 2.48. The lowest BCUT2D eigenvalue weighted by molar-refractivity contribution is 0.415. The van der Waals surface area contributed by atoms with Crippen molar-refractivity contribution in [2.75, 3.05) is 7.11 Å². The van der Waals surface area contributed by atoms with Gasteiger partial charge in [-0.1, -0.05) is 35.9 Å². The molecule has 0 heterocycles. The number of aryl methyl sites for hydroxylation is 1. The van der Waals surface area contributed by atoms with Crippen molar-refractivity contribution < 1.29 is 4.74 Å². The van der Waals surface area contributed by atoms with Crippen LogP contribution in [-0.4, -0.2) is 7.11 Å². The van der Waals surface area contributed by atoms with Gasteiger partial charge in [0.1, 0.15) is 5.75 Å². The summed E-state index contributed by atoms with van der Waals surface area (Å²) in [5.41, 5.74) is 10.6. The molecule has 2 rings (SSSR count). The van der Waals surface area contributed by atoms with Crippen molar-refractivity contribution in [2.24, 2.45) is 5.73 Å². The van der Waals surface area contributed by atoms with E-state index in [2.05, 4.69) is 37.3 Å². The Morgan fingerprint density at radius 2 is 1.76 bits per heavy atom. The maximum Gasteiger partial charge on any atom is 0.118 e. The van der Waals surface area contributed by atoms with Gasteiger partial charge < -0.3 is 10.5 Å². The zero-order valence-electron chi connectivity index (χ0n) is 10.2. The smallest absolute Gasteiger partial charge is 0.118 e. The molecule has 17 heavy (non-hydrogen) atoms. The molecule has 2 N–H and O–H groups in total. The Bertz CT molecular complexity index is 503. The van der Waals surface area contributed by atoms with Crippen molar-refractivity contribution in [1.82, 2.24) is 0 Å². The molecular formula is C15H17NO. The lowest BCUT2D eigenvalue weighted by Crippen LogP contribution is -1.99. The molecule has 2 aromatic rings. The molecule has 0 saturated carbocycles. The second kappa shape index (κ2) is 5.02. The Hall–Kier alpha value is -1.80. The highest BCUT2D eigenvalue weighted by molar-refractivity contribution is 5.68. The highest BCUT2D eigenvalue weighted by Crippen LogP contribution is 2.26. The van der Waals surface area contributed by atoms with Gasteiger partial charge in [0.2, 0.25) is 0 Å². The minimum absolute atomic E-state index is 0.557. The van der Waals surface area contributed by atoms with Gasteiger partial charge in [-0.05, 0) is 35.7 Å². The molecule has 2 nitrogen and oxygen atoms in total. The van der Waals surface area contributed by atoms with E-state index in [1.165, 1.54) is 22.3 Å². The molecule has 0 amide bonds. The monoisotopic (exact) mass is 227 g/mol. The van der Waals surface area contributed by atoms with E-state index in [-0.39, 0.29) is 0 Å². The minimum Gasteiger partial charge on any atom is -0.497 e. The molecule has 0 saturated heterocycles. The molecule has 0 aliphatic rings. The van der Waals surface area contributed by atoms with E-state index >= 15 is 0 Å². The van der Waals surface area contributed by atoms with Crippen molar-refractivity contribution in [2.45, 2.75) is 13.5 Å². The predicted octanol–water partition coefficient (Wildman–Crippen LogP) is 3.13. The van der Waals surface area contributed by atoms with Gasteiger partial charge in [-0.3, -0.25) is 0 Å². The first kappa shape index (κ1) is 11.7. The highest BCUT2D eigenvalue weighted by atomic mass is 16.5. The molecule has 0 radical (unpaired) electrons. The van der Waals surface area contributed by atoms with Crippen molar-refractivity contribution in [3.8, 4) is 16.9 Å². The number of benzene rings is 2. The van der Waals surface area contributed by atoms with Crippen molar-refractivity contribution >= 4 is 0 Å². The molecule has 0 bridgehead atoms. The maximum atomic E-state index is 5.77. The highest BCUT2D eigenvalue weighted by Gasteiger charge is 2.04. The summed E-state index contributed by atoms with van der Waals surface area (Å²) in [6.07, 6.45) is 0. The SMILES string of the molecule is COc1ccc(-c2cc(C)ccc2CN)cc1. The average Bonchev–Trinajstić information content (AvgIpc) is 2.39. The van der Waals surface area contributed by atoms with Crippen LogP contribution in [0.15, 0.2) is 42.5 Å². The van der Waals surface area contributed by atoms with E-state index in [9.17, 15) is 0 Å². The van der Waals surface area contributed by atoms with Crippen LogP contribution in [-0.2, 0) is 6.54 Å². The fourth-order valence-electron chi connectivity index (χ4n) is 1.91. The average molecular weight is 227 g/mol. The summed E-state index contributed by atoms with van der Waals surface area (Å²) in [6, 6.07) is 14.4. The summed E-state index contributed by atoms with van der Waals surface area (Å²) in [5.74, 6) is 0.871. The summed E-state index contributed by atoms with van der Waals surface area (Å²) in [6.45, 7) is 2.65. The molecule has 0 fully saturated rings. The van der Waals surface area contributed by atoms with Crippen LogP contribution in [0.3, 0.4) is 0 Å². The van der Waals surface area contributed by atoms with Crippen LogP contribution < -0.4 is 10.5 Å². The summed E-state index contributed by atoms with van der Waals surface area (Å²) >= 11 is 0. The van der Waals surface area contributed by atoms with Crippen LogP contribution in [0.25, 0.3) is 11.1 Å². The largest absolute Gasteiger partial charge is 0.497 e. The minimum atomic E-state index is 0.557. The number of ether oxygens (including phenoxy) is 1. The quantitative estimate of drug-likeness (QED) is 0.874. The van der Waals surface area contributed by atoms with E-state index in [4.69, 9.17) is 10.5 Å². The van der Waals surface area contributed by atoms with Crippen LogP contribution in [0.1, 0.15) is 11.1 Å². The maximum absolute atomic E-state index is 5.77. The van der Waals surface area contributed by atoms with Crippen molar-refractivity contribution in [3.05, 3.63) is 53.6 Å². The van der Waals surface area contributed by atoms with Crippen LogP contribution in [0.2, 0.25) is 0 Å². The van der Waals surface area contributed by atoms with Gasteiger partial charge >= 0.3 is 0 Å². The van der Waals surface area contributed by atoms with Gasteiger partial charge in [-0.15, -0.1) is 0 Å². The molecule has 0 aromatic heterocycles. The third-order valence-electron chi connectivity index (χ3n) is 2.89. The summed E-state index contributed by atoms with van der Waals surface area (Å²) < 4.78 is 5.16. The molecule has 0 unspecified atom stereocenters. The number of rotatable bonds is 3. The zero-order chi connectivity index (χ0) is 12.3. The van der Waals surface area contributed by atoms with Crippen molar-refractivity contribution in [1.29, 1.82) is 0 Å². The first-order valence-corrected chi connectivity index (χ1v) is 5.68. The van der Waals surface area contributed by atoms with Crippen LogP contribution in [0, 0.1) is 6.92 Å². The Balaban J connectivity index is 2.47. The molecule has 0 atom stereocenters. The van der Waals surface area contributed by atoms with E-state index in [1.54, 1.807) is 7.11 Å². The lowest BCUT2D eigenvalue weighted by Gasteiger charge is -2.10.